The van der Waals surface area contributed by atoms with E-state index in [4.69, 9.17) is 0 Å². The van der Waals surface area contributed by atoms with Crippen molar-refractivity contribution < 1.29 is 0 Å². The summed E-state index contributed by atoms with van der Waals surface area (Å²) in [6.07, 6.45) is 0.708. The molecule has 0 unspecified atom stereocenters. The monoisotopic (exact) mass is 284 g/mol. The van der Waals surface area contributed by atoms with Crippen LogP contribution in [0.15, 0.2) is 39.9 Å². The zero-order valence-corrected chi connectivity index (χ0v) is 12.0. The lowest BCUT2D eigenvalue weighted by Gasteiger charge is -2.08. The largest absolute Gasteiger partial charge is 0.336 e. The highest BCUT2D eigenvalue weighted by atomic mass is 16.2. The molecule has 0 amide bonds. The first-order chi connectivity index (χ1) is 10.1. The van der Waals surface area contributed by atoms with Crippen molar-refractivity contribution in [3.8, 4) is 0 Å². The molecular formula is C15H16N4O2. The molecule has 108 valence electrons. The third kappa shape index (κ3) is 2.29. The molecule has 6 nitrogen and oxygen atoms in total. The van der Waals surface area contributed by atoms with Gasteiger partial charge in [0, 0.05) is 13.6 Å². The van der Waals surface area contributed by atoms with Gasteiger partial charge in [0.25, 0.3) is 5.56 Å². The number of rotatable bonds is 3. The molecule has 2 aromatic heterocycles. The van der Waals surface area contributed by atoms with Gasteiger partial charge in [-0.3, -0.25) is 13.9 Å². The molecule has 1 aromatic carbocycles. The van der Waals surface area contributed by atoms with Crippen molar-refractivity contribution >= 4 is 11.2 Å². The molecule has 0 aliphatic rings. The van der Waals surface area contributed by atoms with Crippen LogP contribution in [0.3, 0.4) is 0 Å². The smallest absolute Gasteiger partial charge is 0.332 e. The van der Waals surface area contributed by atoms with Gasteiger partial charge in [-0.05, 0) is 18.9 Å². The topological polar surface area (TPSA) is 72.7 Å². The highest BCUT2D eigenvalue weighted by Crippen LogP contribution is 2.07. The SMILES string of the molecule is Cc1nc2c([nH]1)c(=O)n(C)c(=O)n2CCc1ccccc1. The number of H-pyrrole nitrogens is 1. The van der Waals surface area contributed by atoms with Gasteiger partial charge in [-0.1, -0.05) is 30.3 Å². The Kier molecular flexibility index (Phi) is 3.21. The number of imidazole rings is 1. The van der Waals surface area contributed by atoms with Crippen LogP contribution in [0.25, 0.3) is 11.2 Å². The van der Waals surface area contributed by atoms with Crippen molar-refractivity contribution in [2.45, 2.75) is 19.9 Å². The summed E-state index contributed by atoms with van der Waals surface area (Å²) in [5.41, 5.74) is 1.26. The van der Waals surface area contributed by atoms with Crippen LogP contribution in [0.5, 0.6) is 0 Å². The minimum Gasteiger partial charge on any atom is -0.336 e. The number of nitrogens with zero attached hydrogens (tertiary/aromatic N) is 3. The number of aromatic nitrogens is 4. The first-order valence-corrected chi connectivity index (χ1v) is 6.78. The summed E-state index contributed by atoms with van der Waals surface area (Å²) < 4.78 is 2.66. The summed E-state index contributed by atoms with van der Waals surface area (Å²) in [6, 6.07) is 9.91. The van der Waals surface area contributed by atoms with Gasteiger partial charge in [0.05, 0.1) is 0 Å². The van der Waals surface area contributed by atoms with E-state index in [1.54, 1.807) is 11.5 Å². The number of benzene rings is 1. The van der Waals surface area contributed by atoms with Gasteiger partial charge in [0.1, 0.15) is 11.3 Å². The predicted octanol–water partition coefficient (Wildman–Crippen LogP) is 0.974. The first-order valence-electron chi connectivity index (χ1n) is 6.78. The van der Waals surface area contributed by atoms with Crippen molar-refractivity contribution in [3.05, 3.63) is 62.6 Å². The molecule has 0 fully saturated rings. The molecule has 3 aromatic rings. The van der Waals surface area contributed by atoms with Crippen LogP contribution >= 0.6 is 0 Å². The second-order valence-electron chi connectivity index (χ2n) is 5.05. The molecule has 1 N–H and O–H groups in total. The zero-order valence-electron chi connectivity index (χ0n) is 12.0. The molecule has 6 heteroatoms. The normalized spacial score (nSPS) is 11.1. The molecule has 0 aliphatic heterocycles. The Labute approximate surface area is 120 Å². The third-order valence-electron chi connectivity index (χ3n) is 3.56. The Morgan fingerprint density at radius 3 is 2.62 bits per heavy atom. The van der Waals surface area contributed by atoms with Gasteiger partial charge in [-0.25, -0.2) is 9.78 Å². The number of aryl methyl sites for hydroxylation is 3. The molecular weight excluding hydrogens is 268 g/mol. The molecule has 0 bridgehead atoms. The average Bonchev–Trinajstić information content (AvgIpc) is 2.88. The first kappa shape index (κ1) is 13.4. The Morgan fingerprint density at radius 2 is 1.90 bits per heavy atom. The van der Waals surface area contributed by atoms with Crippen LogP contribution in [0.2, 0.25) is 0 Å². The summed E-state index contributed by atoms with van der Waals surface area (Å²) in [6.45, 7) is 2.25. The van der Waals surface area contributed by atoms with E-state index >= 15 is 0 Å². The molecule has 2 heterocycles. The minimum atomic E-state index is -0.341. The van der Waals surface area contributed by atoms with Crippen LogP contribution in [0, 0.1) is 6.92 Å². The fourth-order valence-corrected chi connectivity index (χ4v) is 2.44. The zero-order chi connectivity index (χ0) is 15.0. The summed E-state index contributed by atoms with van der Waals surface area (Å²) in [7, 11) is 1.49. The predicted molar refractivity (Wildman–Crippen MR) is 80.5 cm³/mol. The summed E-state index contributed by atoms with van der Waals surface area (Å²) in [4.78, 5) is 31.6. The second-order valence-corrected chi connectivity index (χ2v) is 5.05. The molecule has 0 aliphatic carbocycles. The van der Waals surface area contributed by atoms with Gasteiger partial charge in [0.2, 0.25) is 0 Å². The maximum atomic E-state index is 12.3. The van der Waals surface area contributed by atoms with E-state index in [1.807, 2.05) is 30.3 Å². The molecule has 3 rings (SSSR count). The Bertz CT molecular complexity index is 903. The van der Waals surface area contributed by atoms with E-state index < -0.39 is 0 Å². The second kappa shape index (κ2) is 5.05. The van der Waals surface area contributed by atoms with E-state index in [-0.39, 0.29) is 11.2 Å². The van der Waals surface area contributed by atoms with Crippen molar-refractivity contribution in [2.75, 3.05) is 0 Å². The van der Waals surface area contributed by atoms with Crippen molar-refractivity contribution in [2.24, 2.45) is 7.05 Å². The van der Waals surface area contributed by atoms with Crippen LogP contribution in [-0.4, -0.2) is 19.1 Å². The van der Waals surface area contributed by atoms with Crippen LogP contribution in [0.1, 0.15) is 11.4 Å². The summed E-state index contributed by atoms with van der Waals surface area (Å²) in [5, 5.41) is 0. The highest BCUT2D eigenvalue weighted by Gasteiger charge is 2.14. The van der Waals surface area contributed by atoms with Crippen LogP contribution < -0.4 is 11.2 Å². The van der Waals surface area contributed by atoms with E-state index in [0.29, 0.717) is 30.0 Å². The highest BCUT2D eigenvalue weighted by molar-refractivity contribution is 5.69. The number of aromatic amines is 1. The van der Waals surface area contributed by atoms with Gasteiger partial charge in [-0.2, -0.15) is 0 Å². The standard InChI is InChI=1S/C15H16N4O2/c1-10-16-12-13(17-10)19(15(21)18(2)14(12)20)9-8-11-6-4-3-5-7-11/h3-7H,8-9H2,1-2H3,(H,16,17). The summed E-state index contributed by atoms with van der Waals surface area (Å²) >= 11 is 0. The fraction of sp³-hybridized carbons (Fsp3) is 0.267. The molecule has 0 spiro atoms. The lowest BCUT2D eigenvalue weighted by Crippen LogP contribution is -2.38. The van der Waals surface area contributed by atoms with E-state index in [0.717, 1.165) is 10.1 Å². The molecule has 0 saturated carbocycles. The van der Waals surface area contributed by atoms with Gasteiger partial charge in [-0.15, -0.1) is 0 Å². The number of nitrogens with one attached hydrogen (secondary N) is 1. The third-order valence-corrected chi connectivity index (χ3v) is 3.56. The summed E-state index contributed by atoms with van der Waals surface area (Å²) in [5.74, 6) is 0.626. The van der Waals surface area contributed by atoms with Crippen molar-refractivity contribution in [3.63, 3.8) is 0 Å². The molecule has 21 heavy (non-hydrogen) atoms. The lowest BCUT2D eigenvalue weighted by molar-refractivity contribution is 0.620. The quantitative estimate of drug-likeness (QED) is 0.779. The maximum absolute atomic E-state index is 12.3. The lowest BCUT2D eigenvalue weighted by atomic mass is 10.1. The van der Waals surface area contributed by atoms with Gasteiger partial charge in [0.15, 0.2) is 5.65 Å². The molecule has 0 saturated heterocycles. The Morgan fingerprint density at radius 1 is 1.19 bits per heavy atom. The van der Waals surface area contributed by atoms with E-state index in [2.05, 4.69) is 9.97 Å². The van der Waals surface area contributed by atoms with Crippen LogP contribution in [0.4, 0.5) is 0 Å². The number of hydrogen-bond acceptors (Lipinski definition) is 3. The van der Waals surface area contributed by atoms with E-state index in [9.17, 15) is 9.59 Å². The van der Waals surface area contributed by atoms with Crippen LogP contribution in [-0.2, 0) is 20.0 Å². The van der Waals surface area contributed by atoms with Crippen molar-refractivity contribution in [1.29, 1.82) is 0 Å². The van der Waals surface area contributed by atoms with E-state index in [1.165, 1.54) is 7.05 Å². The maximum Gasteiger partial charge on any atom is 0.332 e. The Balaban J connectivity index is 2.09. The number of fused-ring (bicyclic) bond motifs is 1. The Hall–Kier alpha value is -2.63. The van der Waals surface area contributed by atoms with Crippen molar-refractivity contribution in [1.82, 2.24) is 19.1 Å². The minimum absolute atomic E-state index is 0.338. The fourth-order valence-electron chi connectivity index (χ4n) is 2.44. The molecule has 0 atom stereocenters. The van der Waals surface area contributed by atoms with Gasteiger partial charge < -0.3 is 4.98 Å². The number of hydrogen-bond donors (Lipinski definition) is 1. The average molecular weight is 284 g/mol. The molecule has 0 radical (unpaired) electrons. The van der Waals surface area contributed by atoms with Gasteiger partial charge >= 0.3 is 5.69 Å².